The predicted octanol–water partition coefficient (Wildman–Crippen LogP) is 4.83. The maximum atomic E-state index is 11.4. The fourth-order valence-corrected chi connectivity index (χ4v) is 3.70. The average Bonchev–Trinajstić information content (AvgIpc) is 2.97. The minimum Gasteiger partial charge on any atom is -0.477 e. The van der Waals surface area contributed by atoms with E-state index in [9.17, 15) is 9.90 Å². The lowest BCUT2D eigenvalue weighted by Gasteiger charge is -2.09. The highest BCUT2D eigenvalue weighted by molar-refractivity contribution is 6.10. The monoisotopic (exact) mass is 344 g/mol. The van der Waals surface area contributed by atoms with Gasteiger partial charge in [0.2, 0.25) is 0 Å². The van der Waals surface area contributed by atoms with Crippen LogP contribution in [0.1, 0.15) is 28.2 Å². The maximum absolute atomic E-state index is 11.4. The standard InChI is InChI=1S/C22H20N2O2/c1-15-21-18(14-19(23-15)22(25)26)17-11-5-6-12-20(17)24(21)13-7-10-16-8-3-2-4-9-16/h2-6,8-9,11-12,14H,7,10,13H2,1H3,(H,25,26). The van der Waals surface area contributed by atoms with Crippen LogP contribution in [0.15, 0.2) is 60.7 Å². The van der Waals surface area contributed by atoms with Gasteiger partial charge in [0, 0.05) is 22.8 Å². The lowest BCUT2D eigenvalue weighted by Crippen LogP contribution is -2.05. The lowest BCUT2D eigenvalue weighted by atomic mass is 10.1. The van der Waals surface area contributed by atoms with Crippen molar-refractivity contribution in [2.75, 3.05) is 0 Å². The van der Waals surface area contributed by atoms with Gasteiger partial charge in [-0.05, 0) is 37.5 Å². The van der Waals surface area contributed by atoms with Crippen LogP contribution in [0.3, 0.4) is 0 Å². The van der Waals surface area contributed by atoms with E-state index < -0.39 is 5.97 Å². The van der Waals surface area contributed by atoms with Crippen LogP contribution in [0, 0.1) is 6.92 Å². The lowest BCUT2D eigenvalue weighted by molar-refractivity contribution is 0.0690. The van der Waals surface area contributed by atoms with Crippen LogP contribution in [0.4, 0.5) is 0 Å². The summed E-state index contributed by atoms with van der Waals surface area (Å²) in [5.74, 6) is -0.990. The van der Waals surface area contributed by atoms with Crippen LogP contribution >= 0.6 is 0 Å². The summed E-state index contributed by atoms with van der Waals surface area (Å²) in [6.07, 6.45) is 2.02. The minimum absolute atomic E-state index is 0.0992. The van der Waals surface area contributed by atoms with Crippen LogP contribution in [0.25, 0.3) is 21.8 Å². The largest absolute Gasteiger partial charge is 0.477 e. The molecule has 2 aromatic heterocycles. The Bertz CT molecular complexity index is 1100. The Balaban J connectivity index is 1.78. The quantitative estimate of drug-likeness (QED) is 0.564. The van der Waals surface area contributed by atoms with Gasteiger partial charge in [-0.3, -0.25) is 0 Å². The summed E-state index contributed by atoms with van der Waals surface area (Å²) in [6.45, 7) is 2.76. The molecule has 4 nitrogen and oxygen atoms in total. The normalized spacial score (nSPS) is 11.3. The van der Waals surface area contributed by atoms with Crippen LogP contribution < -0.4 is 0 Å². The summed E-state index contributed by atoms with van der Waals surface area (Å²) in [7, 11) is 0. The molecule has 0 bridgehead atoms. The third-order valence-electron chi connectivity index (χ3n) is 4.83. The molecule has 26 heavy (non-hydrogen) atoms. The van der Waals surface area contributed by atoms with Gasteiger partial charge in [-0.2, -0.15) is 0 Å². The Morgan fingerprint density at radius 2 is 1.77 bits per heavy atom. The van der Waals surface area contributed by atoms with E-state index in [0.717, 1.165) is 46.9 Å². The summed E-state index contributed by atoms with van der Waals surface area (Å²) < 4.78 is 2.28. The number of aromatic carboxylic acids is 1. The van der Waals surface area contributed by atoms with E-state index in [-0.39, 0.29) is 5.69 Å². The fourth-order valence-electron chi connectivity index (χ4n) is 3.70. The van der Waals surface area contributed by atoms with Gasteiger partial charge in [0.15, 0.2) is 0 Å². The van der Waals surface area contributed by atoms with Gasteiger partial charge >= 0.3 is 5.97 Å². The molecule has 0 atom stereocenters. The first-order valence-corrected chi connectivity index (χ1v) is 8.81. The van der Waals surface area contributed by atoms with Crippen molar-refractivity contribution in [2.45, 2.75) is 26.3 Å². The topological polar surface area (TPSA) is 55.1 Å². The van der Waals surface area contributed by atoms with E-state index in [1.54, 1.807) is 6.07 Å². The Hall–Kier alpha value is -3.14. The molecule has 2 heterocycles. The number of aromatic nitrogens is 2. The molecule has 4 heteroatoms. The summed E-state index contributed by atoms with van der Waals surface area (Å²) in [5, 5.41) is 11.4. The van der Waals surface area contributed by atoms with Crippen LogP contribution in [0.5, 0.6) is 0 Å². The zero-order valence-corrected chi connectivity index (χ0v) is 14.6. The number of hydrogen-bond acceptors (Lipinski definition) is 2. The third kappa shape index (κ3) is 2.84. The van der Waals surface area contributed by atoms with Gasteiger partial charge in [0.25, 0.3) is 0 Å². The van der Waals surface area contributed by atoms with E-state index in [2.05, 4.69) is 45.9 Å². The summed E-state index contributed by atoms with van der Waals surface area (Å²) in [4.78, 5) is 15.7. The number of pyridine rings is 1. The molecule has 0 radical (unpaired) electrons. The molecule has 0 saturated heterocycles. The number of rotatable bonds is 5. The molecular formula is C22H20N2O2. The van der Waals surface area contributed by atoms with Gasteiger partial charge in [-0.15, -0.1) is 0 Å². The van der Waals surface area contributed by atoms with Crippen LogP contribution in [-0.2, 0) is 13.0 Å². The molecule has 4 aromatic rings. The van der Waals surface area contributed by atoms with Crippen molar-refractivity contribution in [1.82, 2.24) is 9.55 Å². The summed E-state index contributed by atoms with van der Waals surface area (Å²) in [5.41, 5.74) is 4.35. The molecule has 0 unspecified atom stereocenters. The smallest absolute Gasteiger partial charge is 0.354 e. The number of hydrogen-bond donors (Lipinski definition) is 1. The zero-order chi connectivity index (χ0) is 18.1. The molecular weight excluding hydrogens is 324 g/mol. The number of carboxylic acid groups (broad SMARTS) is 1. The first kappa shape index (κ1) is 16.3. The number of nitrogens with zero attached hydrogens (tertiary/aromatic N) is 2. The fraction of sp³-hybridized carbons (Fsp3) is 0.182. The van der Waals surface area contributed by atoms with Crippen LogP contribution in [0.2, 0.25) is 0 Å². The number of aryl methyl sites for hydroxylation is 3. The Morgan fingerprint density at radius 1 is 1.04 bits per heavy atom. The number of para-hydroxylation sites is 1. The van der Waals surface area contributed by atoms with E-state index in [4.69, 9.17) is 0 Å². The molecule has 0 aliphatic heterocycles. The Morgan fingerprint density at radius 3 is 2.54 bits per heavy atom. The highest BCUT2D eigenvalue weighted by Gasteiger charge is 2.16. The van der Waals surface area contributed by atoms with E-state index in [0.29, 0.717) is 0 Å². The van der Waals surface area contributed by atoms with Crippen molar-refractivity contribution in [1.29, 1.82) is 0 Å². The predicted molar refractivity (Wildman–Crippen MR) is 104 cm³/mol. The number of fused-ring (bicyclic) bond motifs is 3. The van der Waals surface area contributed by atoms with Crippen molar-refractivity contribution >= 4 is 27.8 Å². The minimum atomic E-state index is -0.990. The van der Waals surface area contributed by atoms with Gasteiger partial charge in [0.1, 0.15) is 5.69 Å². The molecule has 1 N–H and O–H groups in total. The molecule has 0 fully saturated rings. The Labute approximate surface area is 151 Å². The van der Waals surface area contributed by atoms with Crippen molar-refractivity contribution in [3.63, 3.8) is 0 Å². The molecule has 0 aliphatic carbocycles. The van der Waals surface area contributed by atoms with Gasteiger partial charge in [0.05, 0.1) is 11.2 Å². The molecule has 2 aromatic carbocycles. The second-order valence-corrected chi connectivity index (χ2v) is 6.55. The SMILES string of the molecule is Cc1nc(C(=O)O)cc2c3ccccc3n(CCCc3ccccc3)c12. The highest BCUT2D eigenvalue weighted by atomic mass is 16.4. The van der Waals surface area contributed by atoms with Crippen molar-refractivity contribution in [3.05, 3.63) is 77.6 Å². The van der Waals surface area contributed by atoms with Crippen molar-refractivity contribution < 1.29 is 9.90 Å². The van der Waals surface area contributed by atoms with Crippen molar-refractivity contribution in [3.8, 4) is 0 Å². The first-order chi connectivity index (χ1) is 12.6. The second-order valence-electron chi connectivity index (χ2n) is 6.55. The zero-order valence-electron chi connectivity index (χ0n) is 14.6. The summed E-state index contributed by atoms with van der Waals surface area (Å²) >= 11 is 0. The van der Waals surface area contributed by atoms with Crippen LogP contribution in [-0.4, -0.2) is 20.6 Å². The van der Waals surface area contributed by atoms with Gasteiger partial charge in [-0.1, -0.05) is 48.5 Å². The highest BCUT2D eigenvalue weighted by Crippen LogP contribution is 2.31. The summed E-state index contributed by atoms with van der Waals surface area (Å²) in [6, 6.07) is 20.3. The molecule has 0 amide bonds. The molecule has 4 rings (SSSR count). The number of benzene rings is 2. The maximum Gasteiger partial charge on any atom is 0.354 e. The number of carbonyl (C=O) groups is 1. The van der Waals surface area contributed by atoms with E-state index in [1.165, 1.54) is 5.56 Å². The average molecular weight is 344 g/mol. The molecule has 0 saturated carbocycles. The molecule has 0 aliphatic rings. The number of carboxylic acids is 1. The van der Waals surface area contributed by atoms with Crippen molar-refractivity contribution in [2.24, 2.45) is 0 Å². The molecule has 130 valence electrons. The third-order valence-corrected chi connectivity index (χ3v) is 4.83. The Kier molecular flexibility index (Phi) is 4.17. The van der Waals surface area contributed by atoms with E-state index >= 15 is 0 Å². The van der Waals surface area contributed by atoms with E-state index in [1.807, 2.05) is 25.1 Å². The second kappa shape index (κ2) is 6.64. The van der Waals surface area contributed by atoms with Gasteiger partial charge < -0.3 is 9.67 Å². The molecule has 0 spiro atoms. The van der Waals surface area contributed by atoms with Gasteiger partial charge in [-0.25, -0.2) is 9.78 Å². The first-order valence-electron chi connectivity index (χ1n) is 8.81.